The number of ether oxygens (including phenoxy) is 1. The summed E-state index contributed by atoms with van der Waals surface area (Å²) < 4.78 is 5.16. The van der Waals surface area contributed by atoms with E-state index >= 15 is 0 Å². The van der Waals surface area contributed by atoms with Crippen LogP contribution in [0.4, 0.5) is 5.69 Å². The number of carbonyl (C=O) groups excluding carboxylic acids is 2. The molecule has 0 aromatic heterocycles. The van der Waals surface area contributed by atoms with E-state index in [1.807, 2.05) is 55.5 Å². The molecule has 4 nitrogen and oxygen atoms in total. The average molecular weight is 319 g/mol. The Kier molecular flexibility index (Phi) is 4.57. The number of anilines is 1. The normalized spacial score (nSPS) is 10.4. The van der Waals surface area contributed by atoms with Crippen LogP contribution in [0.3, 0.4) is 0 Å². The average Bonchev–Trinajstić information content (AvgIpc) is 2.61. The third-order valence-corrected chi connectivity index (χ3v) is 3.76. The Morgan fingerprint density at radius 1 is 0.917 bits per heavy atom. The minimum atomic E-state index is -0.508. The van der Waals surface area contributed by atoms with E-state index in [0.717, 1.165) is 16.3 Å². The van der Waals surface area contributed by atoms with Crippen molar-refractivity contribution in [2.24, 2.45) is 0 Å². The maximum Gasteiger partial charge on any atom is 0.339 e. The van der Waals surface area contributed by atoms with Crippen molar-refractivity contribution in [3.63, 3.8) is 0 Å². The van der Waals surface area contributed by atoms with Crippen molar-refractivity contribution in [2.75, 3.05) is 11.9 Å². The van der Waals surface area contributed by atoms with Crippen LogP contribution in [0, 0.1) is 6.92 Å². The van der Waals surface area contributed by atoms with Crippen LogP contribution < -0.4 is 5.32 Å². The minimum absolute atomic E-state index is 0.323. The number of benzene rings is 3. The highest BCUT2D eigenvalue weighted by atomic mass is 16.5. The fourth-order valence-corrected chi connectivity index (χ4v) is 2.51. The molecule has 3 aromatic rings. The molecule has 0 unspecified atom stereocenters. The van der Waals surface area contributed by atoms with Crippen molar-refractivity contribution in [2.45, 2.75) is 6.92 Å². The third kappa shape index (κ3) is 3.43. The molecule has 3 rings (SSSR count). The van der Waals surface area contributed by atoms with Gasteiger partial charge in [-0.3, -0.25) is 4.79 Å². The Morgan fingerprint density at radius 3 is 2.46 bits per heavy atom. The molecule has 0 radical (unpaired) electrons. The summed E-state index contributed by atoms with van der Waals surface area (Å²) in [5, 5.41) is 4.50. The SMILES string of the molecule is Cc1ccccc1NC(=O)COC(=O)c1cccc2ccccc12. The van der Waals surface area contributed by atoms with Crippen LogP contribution in [-0.4, -0.2) is 18.5 Å². The molecule has 0 saturated heterocycles. The lowest BCUT2D eigenvalue weighted by molar-refractivity contribution is -0.119. The van der Waals surface area contributed by atoms with Gasteiger partial charge in [0.1, 0.15) is 0 Å². The highest BCUT2D eigenvalue weighted by molar-refractivity contribution is 6.05. The molecule has 24 heavy (non-hydrogen) atoms. The van der Waals surface area contributed by atoms with Gasteiger partial charge in [-0.25, -0.2) is 4.79 Å². The minimum Gasteiger partial charge on any atom is -0.452 e. The van der Waals surface area contributed by atoms with Gasteiger partial charge in [0, 0.05) is 5.69 Å². The molecule has 0 heterocycles. The van der Waals surface area contributed by atoms with Crippen LogP contribution in [0.15, 0.2) is 66.7 Å². The number of hydrogen-bond donors (Lipinski definition) is 1. The lowest BCUT2D eigenvalue weighted by atomic mass is 10.1. The van der Waals surface area contributed by atoms with Crippen molar-refractivity contribution < 1.29 is 14.3 Å². The van der Waals surface area contributed by atoms with Crippen LogP contribution in [0.1, 0.15) is 15.9 Å². The van der Waals surface area contributed by atoms with Gasteiger partial charge in [-0.15, -0.1) is 0 Å². The number of esters is 1. The first-order chi connectivity index (χ1) is 11.6. The molecule has 3 aromatic carbocycles. The lowest BCUT2D eigenvalue weighted by Gasteiger charge is -2.09. The zero-order valence-electron chi connectivity index (χ0n) is 13.3. The first-order valence-corrected chi connectivity index (χ1v) is 7.65. The molecule has 1 amide bonds. The molecule has 0 spiro atoms. The van der Waals surface area contributed by atoms with Gasteiger partial charge < -0.3 is 10.1 Å². The van der Waals surface area contributed by atoms with E-state index in [0.29, 0.717) is 11.3 Å². The molecule has 1 N–H and O–H groups in total. The van der Waals surface area contributed by atoms with Gasteiger partial charge in [0.15, 0.2) is 6.61 Å². The van der Waals surface area contributed by atoms with Gasteiger partial charge in [-0.05, 0) is 35.4 Å². The summed E-state index contributed by atoms with van der Waals surface area (Å²) in [6, 6.07) is 20.4. The van der Waals surface area contributed by atoms with Crippen molar-refractivity contribution in [1.29, 1.82) is 0 Å². The van der Waals surface area contributed by atoms with Crippen molar-refractivity contribution in [3.8, 4) is 0 Å². The highest BCUT2D eigenvalue weighted by Gasteiger charge is 2.13. The second-order valence-corrected chi connectivity index (χ2v) is 5.47. The summed E-state index contributed by atoms with van der Waals surface area (Å²) in [4.78, 5) is 24.3. The van der Waals surface area contributed by atoms with E-state index in [-0.39, 0.29) is 12.5 Å². The molecule has 0 fully saturated rings. The number of aryl methyl sites for hydroxylation is 1. The van der Waals surface area contributed by atoms with E-state index in [1.54, 1.807) is 18.2 Å². The Morgan fingerprint density at radius 2 is 1.62 bits per heavy atom. The predicted molar refractivity (Wildman–Crippen MR) is 94.0 cm³/mol. The summed E-state index contributed by atoms with van der Waals surface area (Å²) in [5.74, 6) is -0.871. The van der Waals surface area contributed by atoms with Crippen LogP contribution in [0.2, 0.25) is 0 Å². The maximum absolute atomic E-state index is 12.3. The highest BCUT2D eigenvalue weighted by Crippen LogP contribution is 2.19. The molecule has 120 valence electrons. The number of nitrogens with one attached hydrogen (secondary N) is 1. The largest absolute Gasteiger partial charge is 0.452 e. The van der Waals surface area contributed by atoms with Crippen LogP contribution >= 0.6 is 0 Å². The monoisotopic (exact) mass is 319 g/mol. The van der Waals surface area contributed by atoms with Crippen molar-refractivity contribution in [1.82, 2.24) is 0 Å². The molecule has 0 aliphatic rings. The van der Waals surface area contributed by atoms with Gasteiger partial charge in [0.05, 0.1) is 5.56 Å². The topological polar surface area (TPSA) is 55.4 Å². The third-order valence-electron chi connectivity index (χ3n) is 3.76. The Bertz CT molecular complexity index is 897. The Labute approximate surface area is 140 Å². The molecular weight excluding hydrogens is 302 g/mol. The second kappa shape index (κ2) is 6.96. The lowest BCUT2D eigenvalue weighted by Crippen LogP contribution is -2.21. The molecule has 0 bridgehead atoms. The summed E-state index contributed by atoms with van der Waals surface area (Å²) in [6.07, 6.45) is 0. The van der Waals surface area contributed by atoms with Crippen LogP contribution in [0.25, 0.3) is 10.8 Å². The van der Waals surface area contributed by atoms with Gasteiger partial charge in [0.25, 0.3) is 5.91 Å². The number of carbonyl (C=O) groups is 2. The van der Waals surface area contributed by atoms with E-state index in [9.17, 15) is 9.59 Å². The number of hydrogen-bond acceptors (Lipinski definition) is 3. The zero-order chi connectivity index (χ0) is 16.9. The molecule has 0 saturated carbocycles. The van der Waals surface area contributed by atoms with E-state index in [4.69, 9.17) is 4.74 Å². The van der Waals surface area contributed by atoms with E-state index in [1.165, 1.54) is 0 Å². The molecule has 0 atom stereocenters. The van der Waals surface area contributed by atoms with Crippen molar-refractivity contribution in [3.05, 3.63) is 77.9 Å². The van der Waals surface area contributed by atoms with Crippen LogP contribution in [-0.2, 0) is 9.53 Å². The molecular formula is C20H17NO3. The zero-order valence-corrected chi connectivity index (χ0v) is 13.3. The second-order valence-electron chi connectivity index (χ2n) is 5.47. The molecule has 0 aliphatic heterocycles. The standard InChI is InChI=1S/C20H17NO3/c1-14-7-2-5-12-18(14)21-19(22)13-24-20(23)17-11-6-9-15-8-3-4-10-16(15)17/h2-12H,13H2,1H3,(H,21,22). The van der Waals surface area contributed by atoms with Gasteiger partial charge >= 0.3 is 5.97 Å². The Hall–Kier alpha value is -3.14. The number of para-hydroxylation sites is 1. The van der Waals surface area contributed by atoms with Gasteiger partial charge in [-0.2, -0.15) is 0 Å². The van der Waals surface area contributed by atoms with E-state index < -0.39 is 5.97 Å². The Balaban J connectivity index is 1.67. The summed E-state index contributed by atoms with van der Waals surface area (Å²) in [7, 11) is 0. The smallest absolute Gasteiger partial charge is 0.339 e. The predicted octanol–water partition coefficient (Wildman–Crippen LogP) is 3.94. The maximum atomic E-state index is 12.3. The fraction of sp³-hybridized carbons (Fsp3) is 0.100. The summed E-state index contributed by atoms with van der Waals surface area (Å²) in [6.45, 7) is 1.58. The van der Waals surface area contributed by atoms with Gasteiger partial charge in [0.2, 0.25) is 0 Å². The summed E-state index contributed by atoms with van der Waals surface area (Å²) >= 11 is 0. The van der Waals surface area contributed by atoms with Crippen LogP contribution in [0.5, 0.6) is 0 Å². The number of amides is 1. The first kappa shape index (κ1) is 15.7. The number of rotatable bonds is 4. The molecule has 4 heteroatoms. The first-order valence-electron chi connectivity index (χ1n) is 7.65. The quantitative estimate of drug-likeness (QED) is 0.741. The number of fused-ring (bicyclic) bond motifs is 1. The fourth-order valence-electron chi connectivity index (χ4n) is 2.51. The summed E-state index contributed by atoms with van der Waals surface area (Å²) in [5.41, 5.74) is 2.12. The van der Waals surface area contributed by atoms with Crippen molar-refractivity contribution >= 4 is 28.3 Å². The van der Waals surface area contributed by atoms with E-state index in [2.05, 4.69) is 5.32 Å². The molecule has 0 aliphatic carbocycles. The van der Waals surface area contributed by atoms with Gasteiger partial charge in [-0.1, -0.05) is 54.6 Å².